The van der Waals surface area contributed by atoms with Crippen LogP contribution in [0.1, 0.15) is 11.1 Å². The lowest BCUT2D eigenvalue weighted by Crippen LogP contribution is -2.10. The van der Waals surface area contributed by atoms with Gasteiger partial charge in [0.05, 0.1) is 0 Å². The lowest BCUT2D eigenvalue weighted by Gasteiger charge is -2.09. The summed E-state index contributed by atoms with van der Waals surface area (Å²) in [5.41, 5.74) is 6.48. The molecule has 0 radical (unpaired) electrons. The second-order valence-electron chi connectivity index (χ2n) is 2.72. The van der Waals surface area contributed by atoms with Crippen LogP contribution in [0.5, 0.6) is 5.75 Å². The lowest BCUT2D eigenvalue weighted by molar-refractivity contribution is -0.0502. The van der Waals surface area contributed by atoms with Crippen LogP contribution < -0.4 is 10.5 Å². The molecule has 1 aromatic rings. The number of ether oxygens (including phenoxy) is 1. The maximum atomic E-state index is 11.9. The minimum atomic E-state index is -2.84. The standard InChI is InChI=1S/C9H9F2NOS/c1-5-2-3-6(8(12)14)4-7(5)13-9(10)11/h2-4,9H,1H3,(H2,12,14). The number of nitrogens with two attached hydrogens (primary N) is 1. The third-order valence-electron chi connectivity index (χ3n) is 1.69. The summed E-state index contributed by atoms with van der Waals surface area (Å²) in [5.74, 6) is 0.102. The first-order valence-corrected chi connectivity index (χ1v) is 4.27. The Morgan fingerprint density at radius 1 is 1.50 bits per heavy atom. The number of hydrogen-bond acceptors (Lipinski definition) is 2. The average molecular weight is 217 g/mol. The van der Waals surface area contributed by atoms with Gasteiger partial charge in [0.1, 0.15) is 10.7 Å². The van der Waals surface area contributed by atoms with Gasteiger partial charge in [0.25, 0.3) is 0 Å². The van der Waals surface area contributed by atoms with E-state index in [4.69, 9.17) is 18.0 Å². The van der Waals surface area contributed by atoms with E-state index in [1.165, 1.54) is 6.07 Å². The normalized spacial score (nSPS) is 10.3. The van der Waals surface area contributed by atoms with Crippen LogP contribution in [0.25, 0.3) is 0 Å². The van der Waals surface area contributed by atoms with Gasteiger partial charge in [-0.25, -0.2) is 0 Å². The van der Waals surface area contributed by atoms with E-state index in [-0.39, 0.29) is 10.7 Å². The summed E-state index contributed by atoms with van der Waals surface area (Å²) in [6, 6.07) is 4.70. The maximum Gasteiger partial charge on any atom is 0.387 e. The van der Waals surface area contributed by atoms with E-state index in [0.29, 0.717) is 11.1 Å². The molecule has 0 saturated carbocycles. The van der Waals surface area contributed by atoms with Gasteiger partial charge in [-0.2, -0.15) is 8.78 Å². The van der Waals surface area contributed by atoms with Gasteiger partial charge in [0.15, 0.2) is 0 Å². The van der Waals surface area contributed by atoms with Crippen molar-refractivity contribution in [1.29, 1.82) is 0 Å². The van der Waals surface area contributed by atoms with Crippen molar-refractivity contribution in [2.75, 3.05) is 0 Å². The summed E-state index contributed by atoms with van der Waals surface area (Å²) in [6.45, 7) is -1.17. The van der Waals surface area contributed by atoms with Gasteiger partial charge in [0.2, 0.25) is 0 Å². The first-order chi connectivity index (χ1) is 6.50. The van der Waals surface area contributed by atoms with E-state index in [9.17, 15) is 8.78 Å². The summed E-state index contributed by atoms with van der Waals surface area (Å²) in [6.07, 6.45) is 0. The van der Waals surface area contributed by atoms with Crippen molar-refractivity contribution >= 4 is 17.2 Å². The number of benzene rings is 1. The number of rotatable bonds is 3. The Hall–Kier alpha value is -1.23. The summed E-state index contributed by atoms with van der Waals surface area (Å²) < 4.78 is 28.2. The molecule has 0 aromatic heterocycles. The Labute approximate surface area is 85.7 Å². The molecular weight excluding hydrogens is 208 g/mol. The smallest absolute Gasteiger partial charge is 0.387 e. The second-order valence-corrected chi connectivity index (χ2v) is 3.16. The van der Waals surface area contributed by atoms with Gasteiger partial charge < -0.3 is 10.5 Å². The van der Waals surface area contributed by atoms with E-state index < -0.39 is 6.61 Å². The van der Waals surface area contributed by atoms with E-state index in [1.807, 2.05) is 0 Å². The molecule has 2 N–H and O–H groups in total. The number of thiocarbonyl (C=S) groups is 1. The zero-order valence-electron chi connectivity index (χ0n) is 7.46. The topological polar surface area (TPSA) is 35.2 Å². The largest absolute Gasteiger partial charge is 0.435 e. The Bertz CT molecular complexity index is 355. The van der Waals surface area contributed by atoms with E-state index >= 15 is 0 Å². The zero-order valence-corrected chi connectivity index (χ0v) is 8.28. The predicted octanol–water partition coefficient (Wildman–Crippen LogP) is 2.23. The SMILES string of the molecule is Cc1ccc(C(N)=S)cc1OC(F)F. The van der Waals surface area contributed by atoms with Crippen molar-refractivity contribution in [2.24, 2.45) is 5.73 Å². The van der Waals surface area contributed by atoms with Gasteiger partial charge in [-0.05, 0) is 18.6 Å². The minimum absolute atomic E-state index is 0.102. The van der Waals surface area contributed by atoms with Gasteiger partial charge >= 0.3 is 6.61 Å². The molecule has 1 aromatic carbocycles. The summed E-state index contributed by atoms with van der Waals surface area (Å²) >= 11 is 4.71. The Morgan fingerprint density at radius 3 is 2.64 bits per heavy atom. The highest BCUT2D eigenvalue weighted by Crippen LogP contribution is 2.21. The van der Waals surface area contributed by atoms with Crippen LogP contribution in [0.2, 0.25) is 0 Å². The molecule has 0 aliphatic heterocycles. The average Bonchev–Trinajstić information content (AvgIpc) is 2.07. The summed E-state index contributed by atoms with van der Waals surface area (Å²) in [4.78, 5) is 0.157. The number of alkyl halides is 2. The molecule has 5 heteroatoms. The fraction of sp³-hybridized carbons (Fsp3) is 0.222. The first kappa shape index (κ1) is 10.8. The van der Waals surface area contributed by atoms with Crippen molar-refractivity contribution in [3.05, 3.63) is 29.3 Å². The number of halogens is 2. The zero-order chi connectivity index (χ0) is 10.7. The first-order valence-electron chi connectivity index (χ1n) is 3.86. The molecule has 0 unspecified atom stereocenters. The molecule has 2 nitrogen and oxygen atoms in total. The highest BCUT2D eigenvalue weighted by Gasteiger charge is 2.08. The Kier molecular flexibility index (Phi) is 3.35. The fourth-order valence-corrected chi connectivity index (χ4v) is 1.10. The third-order valence-corrected chi connectivity index (χ3v) is 1.92. The van der Waals surface area contributed by atoms with Crippen molar-refractivity contribution in [2.45, 2.75) is 13.5 Å². The highest BCUT2D eigenvalue weighted by atomic mass is 32.1. The maximum absolute atomic E-state index is 11.9. The Balaban J connectivity index is 3.02. The van der Waals surface area contributed by atoms with Crippen LogP contribution in [0.15, 0.2) is 18.2 Å². The molecule has 0 fully saturated rings. The number of hydrogen-bond donors (Lipinski definition) is 1. The predicted molar refractivity (Wildman–Crippen MR) is 53.7 cm³/mol. The molecule has 0 spiro atoms. The molecule has 0 heterocycles. The third kappa shape index (κ3) is 2.63. The molecular formula is C9H9F2NOS. The molecule has 0 saturated heterocycles. The molecule has 0 aliphatic carbocycles. The van der Waals surface area contributed by atoms with Crippen LogP contribution in [-0.4, -0.2) is 11.6 Å². The number of aryl methyl sites for hydroxylation is 1. The van der Waals surface area contributed by atoms with Crippen LogP contribution in [0.3, 0.4) is 0 Å². The molecule has 0 bridgehead atoms. The van der Waals surface area contributed by atoms with Gasteiger partial charge in [-0.1, -0.05) is 24.4 Å². The highest BCUT2D eigenvalue weighted by molar-refractivity contribution is 7.80. The monoisotopic (exact) mass is 217 g/mol. The minimum Gasteiger partial charge on any atom is -0.435 e. The lowest BCUT2D eigenvalue weighted by atomic mass is 10.1. The molecule has 76 valence electrons. The van der Waals surface area contributed by atoms with Crippen LogP contribution in [0.4, 0.5) is 8.78 Å². The Morgan fingerprint density at radius 2 is 2.14 bits per heavy atom. The molecule has 0 amide bonds. The molecule has 0 aliphatic rings. The molecule has 1 rings (SSSR count). The molecule has 14 heavy (non-hydrogen) atoms. The van der Waals surface area contributed by atoms with Gasteiger partial charge in [-0.15, -0.1) is 0 Å². The second kappa shape index (κ2) is 4.32. The van der Waals surface area contributed by atoms with Crippen LogP contribution in [-0.2, 0) is 0 Å². The summed E-state index contributed by atoms with van der Waals surface area (Å²) in [5, 5.41) is 0. The summed E-state index contributed by atoms with van der Waals surface area (Å²) in [7, 11) is 0. The quantitative estimate of drug-likeness (QED) is 0.788. The van der Waals surface area contributed by atoms with E-state index in [1.54, 1.807) is 19.1 Å². The van der Waals surface area contributed by atoms with Crippen molar-refractivity contribution in [1.82, 2.24) is 0 Å². The van der Waals surface area contributed by atoms with Crippen molar-refractivity contribution in [3.8, 4) is 5.75 Å². The van der Waals surface area contributed by atoms with E-state index in [0.717, 1.165) is 0 Å². The van der Waals surface area contributed by atoms with Crippen LogP contribution >= 0.6 is 12.2 Å². The van der Waals surface area contributed by atoms with Gasteiger partial charge in [0, 0.05) is 5.56 Å². The van der Waals surface area contributed by atoms with Gasteiger partial charge in [-0.3, -0.25) is 0 Å². The van der Waals surface area contributed by atoms with E-state index in [2.05, 4.69) is 4.74 Å². The molecule has 0 atom stereocenters. The van der Waals surface area contributed by atoms with Crippen molar-refractivity contribution < 1.29 is 13.5 Å². The van der Waals surface area contributed by atoms with Crippen molar-refractivity contribution in [3.63, 3.8) is 0 Å². The fourth-order valence-electron chi connectivity index (χ4n) is 0.976. The van der Waals surface area contributed by atoms with Crippen LogP contribution in [0, 0.1) is 6.92 Å².